The van der Waals surface area contributed by atoms with Crippen molar-refractivity contribution in [2.24, 2.45) is 5.92 Å². The highest BCUT2D eigenvalue weighted by Crippen LogP contribution is 2.25. The molecule has 0 spiro atoms. The second-order valence-electron chi connectivity index (χ2n) is 6.99. The number of aromatic nitrogens is 1. The lowest BCUT2D eigenvalue weighted by atomic mass is 10.0. The summed E-state index contributed by atoms with van der Waals surface area (Å²) in [4.78, 5) is 12.4. The fourth-order valence-corrected chi connectivity index (χ4v) is 2.43. The average Bonchev–Trinajstić information content (AvgIpc) is 2.81. The van der Waals surface area contributed by atoms with Gasteiger partial charge in [-0.2, -0.15) is 0 Å². The van der Waals surface area contributed by atoms with Crippen molar-refractivity contribution < 1.29 is 19.0 Å². The maximum Gasteiger partial charge on any atom is 0.419 e. The molecule has 2 aromatic rings. The number of nitrogens with zero attached hydrogens (tertiary/aromatic N) is 1. The number of rotatable bonds is 4. The van der Waals surface area contributed by atoms with Crippen LogP contribution in [0.1, 0.15) is 39.7 Å². The number of fused-ring (bicyclic) bond motifs is 1. The monoisotopic (exact) mass is 321 g/mol. The predicted molar refractivity (Wildman–Crippen MR) is 88.1 cm³/mol. The van der Waals surface area contributed by atoms with Gasteiger partial charge in [-0.3, -0.25) is 4.57 Å². The van der Waals surface area contributed by atoms with Crippen molar-refractivity contribution in [3.63, 3.8) is 0 Å². The summed E-state index contributed by atoms with van der Waals surface area (Å²) in [5.74, 6) is -0.181. The van der Waals surface area contributed by atoms with Gasteiger partial charge in [0.05, 0.1) is 5.52 Å². The Hall–Kier alpha value is -1.88. The van der Waals surface area contributed by atoms with Crippen LogP contribution in [-0.4, -0.2) is 28.0 Å². The van der Waals surface area contributed by atoms with Gasteiger partial charge in [0.25, 0.3) is 0 Å². The summed E-state index contributed by atoms with van der Waals surface area (Å²) in [6.07, 6.45) is 2.66. The van der Waals surface area contributed by atoms with Crippen LogP contribution in [0.2, 0.25) is 0 Å². The molecule has 0 radical (unpaired) electrons. The molecule has 1 heterocycles. The van der Waals surface area contributed by atoms with Gasteiger partial charge in [-0.25, -0.2) is 9.18 Å². The number of hydrogen-bond donors (Lipinski definition) is 1. The minimum atomic E-state index is -0.598. The first-order chi connectivity index (χ1) is 10.7. The number of carbonyl (C=O) groups excluding carboxylic acids is 1. The number of ether oxygens (including phenoxy) is 1. The van der Waals surface area contributed by atoms with Crippen molar-refractivity contribution in [3.8, 4) is 0 Å². The number of benzene rings is 1. The van der Waals surface area contributed by atoms with E-state index in [1.165, 1.54) is 16.7 Å². The molecule has 1 aromatic heterocycles. The summed E-state index contributed by atoms with van der Waals surface area (Å²) in [5.41, 5.74) is 0.914. The van der Waals surface area contributed by atoms with Gasteiger partial charge < -0.3 is 9.84 Å². The van der Waals surface area contributed by atoms with Crippen LogP contribution in [-0.2, 0) is 11.2 Å². The fraction of sp³-hybridized carbons (Fsp3) is 0.500. The van der Waals surface area contributed by atoms with Crippen LogP contribution < -0.4 is 0 Å². The van der Waals surface area contributed by atoms with Crippen LogP contribution in [0.5, 0.6) is 0 Å². The Morgan fingerprint density at radius 2 is 2.09 bits per heavy atom. The predicted octanol–water partition coefficient (Wildman–Crippen LogP) is 4.12. The minimum Gasteiger partial charge on any atom is -0.443 e. The highest BCUT2D eigenvalue weighted by atomic mass is 19.1. The molecule has 1 aromatic carbocycles. The van der Waals surface area contributed by atoms with Gasteiger partial charge in [0, 0.05) is 18.2 Å². The van der Waals surface area contributed by atoms with Crippen LogP contribution in [0.25, 0.3) is 10.9 Å². The van der Waals surface area contributed by atoms with E-state index in [1.807, 2.05) is 6.92 Å². The van der Waals surface area contributed by atoms with E-state index in [9.17, 15) is 9.18 Å². The lowest BCUT2D eigenvalue weighted by molar-refractivity contribution is 0.0544. The molecule has 126 valence electrons. The number of aliphatic hydroxyl groups excluding tert-OH is 1. The first kappa shape index (κ1) is 17.5. The van der Waals surface area contributed by atoms with Gasteiger partial charge >= 0.3 is 6.09 Å². The summed E-state index contributed by atoms with van der Waals surface area (Å²) >= 11 is 0. The summed E-state index contributed by atoms with van der Waals surface area (Å²) in [7, 11) is 0. The van der Waals surface area contributed by atoms with Gasteiger partial charge in [-0.05, 0) is 63.3 Å². The molecule has 4 nitrogen and oxygen atoms in total. The first-order valence-electron chi connectivity index (χ1n) is 7.85. The van der Waals surface area contributed by atoms with Crippen LogP contribution in [0.15, 0.2) is 24.4 Å². The van der Waals surface area contributed by atoms with Crippen molar-refractivity contribution in [1.29, 1.82) is 0 Å². The van der Waals surface area contributed by atoms with Gasteiger partial charge in [0.2, 0.25) is 0 Å². The minimum absolute atomic E-state index is 0.110. The van der Waals surface area contributed by atoms with Gasteiger partial charge in [0.1, 0.15) is 11.4 Å². The molecule has 0 saturated heterocycles. The molecular weight excluding hydrogens is 297 g/mol. The summed E-state index contributed by atoms with van der Waals surface area (Å²) in [6, 6.07) is 4.37. The molecule has 5 heteroatoms. The number of aliphatic hydroxyl groups is 1. The molecule has 1 atom stereocenters. The number of hydrogen-bond acceptors (Lipinski definition) is 3. The third kappa shape index (κ3) is 4.32. The normalized spacial score (nSPS) is 13.3. The zero-order valence-electron chi connectivity index (χ0n) is 14.1. The molecule has 2 rings (SSSR count). The third-order valence-electron chi connectivity index (χ3n) is 3.66. The average molecular weight is 321 g/mol. The van der Waals surface area contributed by atoms with E-state index in [0.717, 1.165) is 12.0 Å². The smallest absolute Gasteiger partial charge is 0.419 e. The molecule has 0 fully saturated rings. The Morgan fingerprint density at radius 3 is 2.70 bits per heavy atom. The molecule has 0 aliphatic heterocycles. The molecule has 0 aliphatic carbocycles. The van der Waals surface area contributed by atoms with E-state index in [2.05, 4.69) is 0 Å². The number of halogens is 1. The van der Waals surface area contributed by atoms with Crippen LogP contribution in [0, 0.1) is 11.7 Å². The highest BCUT2D eigenvalue weighted by Gasteiger charge is 2.21. The Labute approximate surface area is 135 Å². The summed E-state index contributed by atoms with van der Waals surface area (Å²) in [5, 5.41) is 9.86. The largest absolute Gasteiger partial charge is 0.443 e. The maximum atomic E-state index is 13.6. The van der Waals surface area contributed by atoms with Crippen molar-refractivity contribution in [2.75, 3.05) is 6.61 Å². The third-order valence-corrected chi connectivity index (χ3v) is 3.66. The zero-order valence-corrected chi connectivity index (χ0v) is 14.1. The quantitative estimate of drug-likeness (QED) is 0.921. The van der Waals surface area contributed by atoms with E-state index < -0.39 is 11.7 Å². The summed E-state index contributed by atoms with van der Waals surface area (Å²) in [6.45, 7) is 7.48. The SMILES string of the molecule is C[C@H](CO)CCc1cn(C(=O)OC(C)(C)C)c2ccc(F)cc12. The lowest BCUT2D eigenvalue weighted by Crippen LogP contribution is -2.26. The van der Waals surface area contributed by atoms with Crippen LogP contribution in [0.4, 0.5) is 9.18 Å². The molecule has 0 bridgehead atoms. The Bertz CT molecular complexity index is 700. The highest BCUT2D eigenvalue weighted by molar-refractivity contribution is 5.92. The topological polar surface area (TPSA) is 51.5 Å². The molecule has 0 unspecified atom stereocenters. The van der Waals surface area contributed by atoms with Gasteiger partial charge in [-0.1, -0.05) is 6.92 Å². The van der Waals surface area contributed by atoms with Crippen molar-refractivity contribution >= 4 is 17.0 Å². The summed E-state index contributed by atoms with van der Waals surface area (Å²) < 4.78 is 20.4. The van der Waals surface area contributed by atoms with Crippen molar-refractivity contribution in [1.82, 2.24) is 4.57 Å². The molecule has 0 aliphatic rings. The maximum absolute atomic E-state index is 13.6. The number of aryl methyl sites for hydroxylation is 1. The molecule has 1 N–H and O–H groups in total. The second kappa shape index (κ2) is 6.71. The lowest BCUT2D eigenvalue weighted by Gasteiger charge is -2.19. The van der Waals surface area contributed by atoms with Crippen molar-refractivity contribution in [3.05, 3.63) is 35.8 Å². The second-order valence-corrected chi connectivity index (χ2v) is 6.99. The fourth-order valence-electron chi connectivity index (χ4n) is 2.43. The van der Waals surface area contributed by atoms with E-state index in [1.54, 1.807) is 33.0 Å². The Morgan fingerprint density at radius 1 is 1.39 bits per heavy atom. The Kier molecular flexibility index (Phi) is 5.09. The van der Waals surface area contributed by atoms with Crippen LogP contribution in [0.3, 0.4) is 0 Å². The van der Waals surface area contributed by atoms with Crippen LogP contribution >= 0.6 is 0 Å². The first-order valence-corrected chi connectivity index (χ1v) is 7.85. The van der Waals surface area contributed by atoms with Crippen molar-refractivity contribution in [2.45, 2.75) is 46.1 Å². The van der Waals surface area contributed by atoms with Gasteiger partial charge in [-0.15, -0.1) is 0 Å². The molecular formula is C18H24FNO3. The van der Waals surface area contributed by atoms with E-state index >= 15 is 0 Å². The van der Waals surface area contributed by atoms with E-state index in [4.69, 9.17) is 9.84 Å². The van der Waals surface area contributed by atoms with E-state index in [-0.39, 0.29) is 18.3 Å². The van der Waals surface area contributed by atoms with Gasteiger partial charge in [0.15, 0.2) is 0 Å². The molecule has 23 heavy (non-hydrogen) atoms. The zero-order chi connectivity index (χ0) is 17.2. The molecule has 0 amide bonds. The standard InChI is InChI=1S/C18H24FNO3/c1-12(11-21)5-6-13-10-20(17(22)23-18(2,3)4)16-8-7-14(19)9-15(13)16/h7-10,12,21H,5-6,11H2,1-4H3/t12-/m0/s1. The van der Waals surface area contributed by atoms with E-state index in [0.29, 0.717) is 17.3 Å². The molecule has 0 saturated carbocycles. The number of carbonyl (C=O) groups is 1. The Balaban J connectivity index is 2.40.